The maximum Gasteiger partial charge on any atom is 0.248 e. The van der Waals surface area contributed by atoms with Crippen LogP contribution in [-0.4, -0.2) is 12.5 Å². The number of allylic oxidation sites excluding steroid dienone is 3. The molecule has 0 bridgehead atoms. The van der Waals surface area contributed by atoms with Gasteiger partial charge in [0.15, 0.2) is 0 Å². The van der Waals surface area contributed by atoms with Crippen LogP contribution in [0.15, 0.2) is 42.5 Å². The minimum Gasteiger partial charge on any atom is -0.385 e. The van der Waals surface area contributed by atoms with E-state index < -0.39 is 0 Å². The average molecular weight is 242 g/mol. The maximum absolute atomic E-state index is 11.6. The van der Waals surface area contributed by atoms with Gasteiger partial charge in [-0.3, -0.25) is 4.79 Å². The highest BCUT2D eigenvalue weighted by atomic mass is 16.1. The van der Waals surface area contributed by atoms with Crippen molar-refractivity contribution in [3.05, 3.63) is 48.1 Å². The van der Waals surface area contributed by atoms with Crippen molar-refractivity contribution in [2.24, 2.45) is 0 Å². The molecule has 0 unspecified atom stereocenters. The van der Waals surface area contributed by atoms with Crippen LogP contribution in [0.4, 0.5) is 11.4 Å². The summed E-state index contributed by atoms with van der Waals surface area (Å²) in [6.07, 6.45) is 9.24. The fourth-order valence-electron chi connectivity index (χ4n) is 1.98. The number of carbonyl (C=O) groups is 1. The molecule has 1 heterocycles. The zero-order valence-electron chi connectivity index (χ0n) is 10.6. The highest BCUT2D eigenvalue weighted by Gasteiger charge is 2.09. The number of nitrogens with one attached hydrogen (secondary N) is 2. The fourth-order valence-corrected chi connectivity index (χ4v) is 1.98. The second kappa shape index (κ2) is 6.05. The molecule has 18 heavy (non-hydrogen) atoms. The highest BCUT2D eigenvalue weighted by Crippen LogP contribution is 2.25. The molecule has 0 spiro atoms. The SMILES string of the molecule is C/C=C/C=C/C(=O)Nc1ccc2c(c1)NCCC2. The summed E-state index contributed by atoms with van der Waals surface area (Å²) in [7, 11) is 0. The topological polar surface area (TPSA) is 41.1 Å². The number of hydrogen-bond donors (Lipinski definition) is 2. The lowest BCUT2D eigenvalue weighted by molar-refractivity contribution is -0.111. The number of anilines is 2. The number of aryl methyl sites for hydroxylation is 1. The van der Waals surface area contributed by atoms with Crippen LogP contribution in [0, 0.1) is 0 Å². The molecule has 0 aliphatic carbocycles. The third kappa shape index (κ3) is 3.23. The van der Waals surface area contributed by atoms with E-state index in [1.54, 1.807) is 6.08 Å². The fraction of sp³-hybridized carbons (Fsp3) is 0.267. The van der Waals surface area contributed by atoms with Gasteiger partial charge in [-0.05, 0) is 37.5 Å². The van der Waals surface area contributed by atoms with Gasteiger partial charge in [-0.2, -0.15) is 0 Å². The summed E-state index contributed by atoms with van der Waals surface area (Å²) in [6, 6.07) is 6.02. The first-order valence-corrected chi connectivity index (χ1v) is 6.27. The van der Waals surface area contributed by atoms with Gasteiger partial charge in [-0.15, -0.1) is 0 Å². The van der Waals surface area contributed by atoms with Crippen molar-refractivity contribution in [1.29, 1.82) is 0 Å². The number of carbonyl (C=O) groups excluding carboxylic acids is 1. The van der Waals surface area contributed by atoms with E-state index in [1.807, 2.05) is 31.2 Å². The van der Waals surface area contributed by atoms with Crippen LogP contribution in [0.1, 0.15) is 18.9 Å². The molecule has 0 saturated heterocycles. The molecule has 3 heteroatoms. The molecule has 0 fully saturated rings. The summed E-state index contributed by atoms with van der Waals surface area (Å²) in [5.41, 5.74) is 3.29. The molecule has 2 N–H and O–H groups in total. The monoisotopic (exact) mass is 242 g/mol. The Balaban J connectivity index is 2.03. The van der Waals surface area contributed by atoms with Crippen molar-refractivity contribution >= 4 is 17.3 Å². The van der Waals surface area contributed by atoms with E-state index >= 15 is 0 Å². The molecule has 0 saturated carbocycles. The molecule has 0 atom stereocenters. The van der Waals surface area contributed by atoms with Crippen molar-refractivity contribution in [2.45, 2.75) is 19.8 Å². The Bertz CT molecular complexity index is 489. The van der Waals surface area contributed by atoms with E-state index in [0.717, 1.165) is 24.3 Å². The molecule has 3 nitrogen and oxygen atoms in total. The van der Waals surface area contributed by atoms with Crippen LogP contribution >= 0.6 is 0 Å². The first kappa shape index (κ1) is 12.4. The first-order valence-electron chi connectivity index (χ1n) is 6.27. The Hall–Kier alpha value is -2.03. The smallest absolute Gasteiger partial charge is 0.248 e. The normalized spacial score (nSPS) is 14.5. The number of benzene rings is 1. The second-order valence-electron chi connectivity index (χ2n) is 4.28. The van der Waals surface area contributed by atoms with E-state index in [9.17, 15) is 4.79 Å². The van der Waals surface area contributed by atoms with Gasteiger partial charge in [0, 0.05) is 24.0 Å². The van der Waals surface area contributed by atoms with Crippen molar-refractivity contribution < 1.29 is 4.79 Å². The molecule has 1 aromatic rings. The van der Waals surface area contributed by atoms with Gasteiger partial charge >= 0.3 is 0 Å². The van der Waals surface area contributed by atoms with Crippen LogP contribution in [0.2, 0.25) is 0 Å². The van der Waals surface area contributed by atoms with Gasteiger partial charge in [0.05, 0.1) is 0 Å². The Morgan fingerprint density at radius 3 is 3.11 bits per heavy atom. The Morgan fingerprint density at radius 2 is 2.28 bits per heavy atom. The van der Waals surface area contributed by atoms with Crippen LogP contribution in [0.25, 0.3) is 0 Å². The van der Waals surface area contributed by atoms with E-state index in [2.05, 4.69) is 16.7 Å². The minimum atomic E-state index is -0.108. The molecule has 0 radical (unpaired) electrons. The molecule has 94 valence electrons. The molecule has 2 rings (SSSR count). The van der Waals surface area contributed by atoms with E-state index in [-0.39, 0.29) is 5.91 Å². The predicted molar refractivity (Wildman–Crippen MR) is 75.8 cm³/mol. The zero-order chi connectivity index (χ0) is 12.8. The maximum atomic E-state index is 11.6. The highest BCUT2D eigenvalue weighted by molar-refractivity contribution is 5.99. The van der Waals surface area contributed by atoms with Gasteiger partial charge in [0.25, 0.3) is 0 Å². The lowest BCUT2D eigenvalue weighted by atomic mass is 10.0. The molecule has 1 aromatic carbocycles. The molecular weight excluding hydrogens is 224 g/mol. The number of fused-ring (bicyclic) bond motifs is 1. The molecule has 0 aromatic heterocycles. The number of hydrogen-bond acceptors (Lipinski definition) is 2. The second-order valence-corrected chi connectivity index (χ2v) is 4.28. The summed E-state index contributed by atoms with van der Waals surface area (Å²) in [6.45, 7) is 2.92. The summed E-state index contributed by atoms with van der Waals surface area (Å²) < 4.78 is 0. The summed E-state index contributed by atoms with van der Waals surface area (Å²) in [5, 5.41) is 6.20. The molecular formula is C15H18N2O. The summed E-state index contributed by atoms with van der Waals surface area (Å²) >= 11 is 0. The first-order chi connectivity index (χ1) is 8.79. The van der Waals surface area contributed by atoms with E-state index in [4.69, 9.17) is 0 Å². The van der Waals surface area contributed by atoms with Crippen LogP contribution in [0.5, 0.6) is 0 Å². The lowest BCUT2D eigenvalue weighted by Crippen LogP contribution is -2.13. The Labute approximate surface area is 108 Å². The quantitative estimate of drug-likeness (QED) is 0.631. The number of amides is 1. The van der Waals surface area contributed by atoms with E-state index in [0.29, 0.717) is 0 Å². The van der Waals surface area contributed by atoms with Crippen molar-refractivity contribution in [1.82, 2.24) is 0 Å². The van der Waals surface area contributed by atoms with Gasteiger partial charge in [0.1, 0.15) is 0 Å². The van der Waals surface area contributed by atoms with Gasteiger partial charge in [0.2, 0.25) is 5.91 Å². The average Bonchev–Trinajstić information content (AvgIpc) is 2.39. The molecule has 1 amide bonds. The third-order valence-corrected chi connectivity index (χ3v) is 2.87. The van der Waals surface area contributed by atoms with Crippen molar-refractivity contribution in [3.8, 4) is 0 Å². The lowest BCUT2D eigenvalue weighted by Gasteiger charge is -2.18. The zero-order valence-corrected chi connectivity index (χ0v) is 10.6. The molecule has 1 aliphatic heterocycles. The third-order valence-electron chi connectivity index (χ3n) is 2.87. The van der Waals surface area contributed by atoms with E-state index in [1.165, 1.54) is 18.1 Å². The minimum absolute atomic E-state index is 0.108. The summed E-state index contributed by atoms with van der Waals surface area (Å²) in [5.74, 6) is -0.108. The molecule has 1 aliphatic rings. The Morgan fingerprint density at radius 1 is 1.39 bits per heavy atom. The Kier molecular flexibility index (Phi) is 4.18. The number of rotatable bonds is 3. The van der Waals surface area contributed by atoms with Crippen molar-refractivity contribution in [2.75, 3.05) is 17.2 Å². The van der Waals surface area contributed by atoms with Gasteiger partial charge < -0.3 is 10.6 Å². The summed E-state index contributed by atoms with van der Waals surface area (Å²) in [4.78, 5) is 11.6. The van der Waals surface area contributed by atoms with Gasteiger partial charge in [-0.25, -0.2) is 0 Å². The predicted octanol–water partition coefficient (Wildman–Crippen LogP) is 3.12. The van der Waals surface area contributed by atoms with Crippen LogP contribution in [0.3, 0.4) is 0 Å². The standard InChI is InChI=1S/C15H18N2O/c1-2-3-4-7-15(18)17-13-9-8-12-6-5-10-16-14(12)11-13/h2-4,7-9,11,16H,5-6,10H2,1H3,(H,17,18)/b3-2+,7-4+. The van der Waals surface area contributed by atoms with Crippen LogP contribution in [-0.2, 0) is 11.2 Å². The van der Waals surface area contributed by atoms with Crippen LogP contribution < -0.4 is 10.6 Å². The van der Waals surface area contributed by atoms with Crippen molar-refractivity contribution in [3.63, 3.8) is 0 Å². The van der Waals surface area contributed by atoms with Gasteiger partial charge in [-0.1, -0.05) is 24.3 Å². The largest absolute Gasteiger partial charge is 0.385 e.